The molecule has 2 N–H and O–H groups in total. The number of ether oxygens (including phenoxy) is 1. The first-order chi connectivity index (χ1) is 11.8. The molecule has 0 fully saturated rings. The van der Waals surface area contributed by atoms with E-state index in [4.69, 9.17) is 4.74 Å². The van der Waals surface area contributed by atoms with Crippen molar-refractivity contribution in [1.82, 2.24) is 19.9 Å². The minimum Gasteiger partial charge on any atom is -0.481 e. The van der Waals surface area contributed by atoms with Crippen molar-refractivity contribution in [3.63, 3.8) is 0 Å². The van der Waals surface area contributed by atoms with Crippen LogP contribution in [0.4, 0.5) is 11.5 Å². The van der Waals surface area contributed by atoms with Gasteiger partial charge < -0.3 is 15.0 Å². The van der Waals surface area contributed by atoms with Gasteiger partial charge in [0.1, 0.15) is 5.82 Å². The van der Waals surface area contributed by atoms with E-state index in [0.717, 1.165) is 33.7 Å². The molecule has 0 amide bonds. The third-order valence-corrected chi connectivity index (χ3v) is 3.73. The zero-order valence-corrected chi connectivity index (χ0v) is 13.0. The summed E-state index contributed by atoms with van der Waals surface area (Å²) in [5.41, 5.74) is 3.89. The van der Waals surface area contributed by atoms with Gasteiger partial charge in [0.15, 0.2) is 0 Å². The molecule has 0 aliphatic carbocycles. The third-order valence-electron chi connectivity index (χ3n) is 3.73. The molecule has 0 spiro atoms. The monoisotopic (exact) mass is 317 g/mol. The van der Waals surface area contributed by atoms with Crippen LogP contribution in [0.2, 0.25) is 0 Å². The Hall–Kier alpha value is -3.41. The van der Waals surface area contributed by atoms with Crippen LogP contribution in [0, 0.1) is 0 Å². The van der Waals surface area contributed by atoms with Crippen molar-refractivity contribution in [3.8, 4) is 17.1 Å². The summed E-state index contributed by atoms with van der Waals surface area (Å²) in [6.07, 6.45) is 7.08. The van der Waals surface area contributed by atoms with Crippen LogP contribution in [-0.4, -0.2) is 27.0 Å². The molecule has 0 aliphatic rings. The maximum Gasteiger partial charge on any atom is 0.213 e. The zero-order valence-electron chi connectivity index (χ0n) is 13.0. The van der Waals surface area contributed by atoms with Gasteiger partial charge >= 0.3 is 0 Å². The standard InChI is InChI=1S/C18H15N5O/c1-24-17-5-4-13(11-21-17)22-18-14-9-16(12-3-2-7-19-10-12)23-15(14)6-8-20-18/h2-11,23H,1H3,(H,20,22). The summed E-state index contributed by atoms with van der Waals surface area (Å²) in [6, 6.07) is 11.7. The van der Waals surface area contributed by atoms with E-state index in [1.165, 1.54) is 0 Å². The lowest BCUT2D eigenvalue weighted by molar-refractivity contribution is 0.398. The smallest absolute Gasteiger partial charge is 0.213 e. The van der Waals surface area contributed by atoms with Crippen molar-refractivity contribution in [1.29, 1.82) is 0 Å². The van der Waals surface area contributed by atoms with E-state index in [9.17, 15) is 0 Å². The molecule has 4 heterocycles. The quantitative estimate of drug-likeness (QED) is 0.599. The number of pyridine rings is 3. The Morgan fingerprint density at radius 1 is 1.04 bits per heavy atom. The maximum absolute atomic E-state index is 5.08. The van der Waals surface area contributed by atoms with E-state index < -0.39 is 0 Å². The molecule has 6 nitrogen and oxygen atoms in total. The third kappa shape index (κ3) is 2.65. The number of aromatic nitrogens is 4. The van der Waals surface area contributed by atoms with Crippen LogP contribution in [0.1, 0.15) is 0 Å². The van der Waals surface area contributed by atoms with Crippen molar-refractivity contribution in [3.05, 3.63) is 61.2 Å². The Bertz CT molecular complexity index is 964. The van der Waals surface area contributed by atoms with Gasteiger partial charge in [0.25, 0.3) is 0 Å². The number of H-pyrrole nitrogens is 1. The predicted molar refractivity (Wildman–Crippen MR) is 93.4 cm³/mol. The van der Waals surface area contributed by atoms with Crippen LogP contribution in [0.15, 0.2) is 61.2 Å². The highest BCUT2D eigenvalue weighted by atomic mass is 16.5. The molecule has 0 aromatic carbocycles. The highest BCUT2D eigenvalue weighted by molar-refractivity contribution is 5.95. The second-order valence-electron chi connectivity index (χ2n) is 5.26. The number of methoxy groups -OCH3 is 1. The summed E-state index contributed by atoms with van der Waals surface area (Å²) >= 11 is 0. The van der Waals surface area contributed by atoms with Crippen LogP contribution < -0.4 is 10.1 Å². The second kappa shape index (κ2) is 6.00. The summed E-state index contributed by atoms with van der Waals surface area (Å²) < 4.78 is 5.08. The van der Waals surface area contributed by atoms with Crippen molar-refractivity contribution in [2.75, 3.05) is 12.4 Å². The fourth-order valence-corrected chi connectivity index (χ4v) is 2.54. The molecule has 118 valence electrons. The Morgan fingerprint density at radius 2 is 2.00 bits per heavy atom. The fourth-order valence-electron chi connectivity index (χ4n) is 2.54. The van der Waals surface area contributed by atoms with Gasteiger partial charge in [-0.3, -0.25) is 4.98 Å². The lowest BCUT2D eigenvalue weighted by atomic mass is 10.2. The largest absolute Gasteiger partial charge is 0.481 e. The van der Waals surface area contributed by atoms with E-state index in [-0.39, 0.29) is 0 Å². The minimum absolute atomic E-state index is 0.576. The summed E-state index contributed by atoms with van der Waals surface area (Å²) in [4.78, 5) is 16.2. The topological polar surface area (TPSA) is 75.7 Å². The summed E-state index contributed by atoms with van der Waals surface area (Å²) in [7, 11) is 1.59. The van der Waals surface area contributed by atoms with Crippen molar-refractivity contribution in [2.24, 2.45) is 0 Å². The molecule has 0 aliphatic heterocycles. The number of fused-ring (bicyclic) bond motifs is 1. The van der Waals surface area contributed by atoms with Gasteiger partial charge in [-0.25, -0.2) is 9.97 Å². The van der Waals surface area contributed by atoms with Crippen LogP contribution >= 0.6 is 0 Å². The van der Waals surface area contributed by atoms with Gasteiger partial charge in [-0.05, 0) is 30.3 Å². The van der Waals surface area contributed by atoms with Gasteiger partial charge in [-0.15, -0.1) is 0 Å². The molecule has 4 aromatic rings. The SMILES string of the molecule is COc1ccc(Nc2nccc3[nH]c(-c4cccnc4)cc23)cn1. The molecule has 0 saturated heterocycles. The Labute approximate surface area is 138 Å². The van der Waals surface area contributed by atoms with Crippen molar-refractivity contribution in [2.45, 2.75) is 0 Å². The molecule has 0 radical (unpaired) electrons. The normalized spacial score (nSPS) is 10.7. The van der Waals surface area contributed by atoms with E-state index in [0.29, 0.717) is 5.88 Å². The minimum atomic E-state index is 0.576. The summed E-state index contributed by atoms with van der Waals surface area (Å²) in [6.45, 7) is 0. The number of anilines is 2. The first kappa shape index (κ1) is 14.2. The lowest BCUT2D eigenvalue weighted by Crippen LogP contribution is -1.95. The van der Waals surface area contributed by atoms with E-state index in [1.54, 1.807) is 31.8 Å². The molecule has 4 rings (SSSR count). The molecular formula is C18H15N5O. The molecule has 0 atom stereocenters. The first-order valence-electron chi connectivity index (χ1n) is 7.49. The Balaban J connectivity index is 1.71. The van der Waals surface area contributed by atoms with Crippen molar-refractivity contribution >= 4 is 22.4 Å². The number of nitrogens with one attached hydrogen (secondary N) is 2. The van der Waals surface area contributed by atoms with Crippen LogP contribution in [0.3, 0.4) is 0 Å². The number of rotatable bonds is 4. The van der Waals surface area contributed by atoms with Crippen LogP contribution in [0.25, 0.3) is 22.2 Å². The maximum atomic E-state index is 5.08. The number of hydrogen-bond acceptors (Lipinski definition) is 5. The highest BCUT2D eigenvalue weighted by Gasteiger charge is 2.09. The Kier molecular flexibility index (Phi) is 3.55. The molecule has 24 heavy (non-hydrogen) atoms. The van der Waals surface area contributed by atoms with E-state index >= 15 is 0 Å². The molecule has 6 heteroatoms. The lowest BCUT2D eigenvalue weighted by Gasteiger charge is -2.06. The van der Waals surface area contributed by atoms with Gasteiger partial charge in [-0.2, -0.15) is 0 Å². The van der Waals surface area contributed by atoms with Gasteiger partial charge in [0, 0.05) is 41.3 Å². The van der Waals surface area contributed by atoms with Gasteiger partial charge in [0.2, 0.25) is 5.88 Å². The van der Waals surface area contributed by atoms with Crippen LogP contribution in [0.5, 0.6) is 5.88 Å². The van der Waals surface area contributed by atoms with Gasteiger partial charge in [0.05, 0.1) is 24.5 Å². The average molecular weight is 317 g/mol. The molecule has 0 unspecified atom stereocenters. The van der Waals surface area contributed by atoms with Gasteiger partial charge in [-0.1, -0.05) is 0 Å². The number of nitrogens with zero attached hydrogens (tertiary/aromatic N) is 3. The molecule has 4 aromatic heterocycles. The molecule has 0 bridgehead atoms. The molecule has 0 saturated carbocycles. The number of hydrogen-bond donors (Lipinski definition) is 2. The van der Waals surface area contributed by atoms with Crippen LogP contribution in [-0.2, 0) is 0 Å². The number of aromatic amines is 1. The Morgan fingerprint density at radius 3 is 2.75 bits per heavy atom. The van der Waals surface area contributed by atoms with E-state index in [1.807, 2.05) is 30.5 Å². The fraction of sp³-hybridized carbons (Fsp3) is 0.0556. The second-order valence-corrected chi connectivity index (χ2v) is 5.26. The van der Waals surface area contributed by atoms with E-state index in [2.05, 4.69) is 31.3 Å². The first-order valence-corrected chi connectivity index (χ1v) is 7.49. The van der Waals surface area contributed by atoms with Crippen molar-refractivity contribution < 1.29 is 4.74 Å². The predicted octanol–water partition coefficient (Wildman–Crippen LogP) is 3.77. The molecular weight excluding hydrogens is 302 g/mol. The zero-order chi connectivity index (χ0) is 16.4. The highest BCUT2D eigenvalue weighted by Crippen LogP contribution is 2.29. The average Bonchev–Trinajstić information content (AvgIpc) is 3.08. The summed E-state index contributed by atoms with van der Waals surface area (Å²) in [5.74, 6) is 1.35. The summed E-state index contributed by atoms with van der Waals surface area (Å²) in [5, 5.41) is 4.30.